The van der Waals surface area contributed by atoms with Crippen molar-refractivity contribution < 1.29 is 13.9 Å². The number of hydrogen-bond donors (Lipinski definition) is 1. The molecule has 0 saturated carbocycles. The highest BCUT2D eigenvalue weighted by atomic mass is 32.1. The molecule has 1 amide bonds. The number of carbonyl (C=O) groups is 1. The molecule has 8 nitrogen and oxygen atoms in total. The summed E-state index contributed by atoms with van der Waals surface area (Å²) in [5.41, 5.74) is -0.402. The van der Waals surface area contributed by atoms with E-state index in [1.165, 1.54) is 22.2 Å². The second kappa shape index (κ2) is 6.75. The van der Waals surface area contributed by atoms with E-state index in [0.29, 0.717) is 29.0 Å². The first-order valence-corrected chi connectivity index (χ1v) is 9.75. The van der Waals surface area contributed by atoms with E-state index < -0.39 is 17.2 Å². The van der Waals surface area contributed by atoms with Gasteiger partial charge in [0.15, 0.2) is 0 Å². The van der Waals surface area contributed by atoms with Crippen molar-refractivity contribution >= 4 is 27.5 Å². The second-order valence-electron chi connectivity index (χ2n) is 7.50. The van der Waals surface area contributed by atoms with Crippen LogP contribution in [0.15, 0.2) is 32.4 Å². The zero-order valence-corrected chi connectivity index (χ0v) is 16.7. The molecule has 0 aromatic carbocycles. The predicted octanol–water partition coefficient (Wildman–Crippen LogP) is 1.52. The molecule has 0 aliphatic carbocycles. The number of nitrogens with zero attached hydrogens (tertiary/aromatic N) is 2. The first kappa shape index (κ1) is 18.7. The molecule has 4 rings (SSSR count). The van der Waals surface area contributed by atoms with E-state index in [1.54, 1.807) is 19.2 Å². The van der Waals surface area contributed by atoms with Gasteiger partial charge in [-0.3, -0.25) is 18.7 Å². The minimum absolute atomic E-state index is 0.197. The number of ether oxygens (including phenoxy) is 1. The highest BCUT2D eigenvalue weighted by Gasteiger charge is 2.31. The summed E-state index contributed by atoms with van der Waals surface area (Å²) >= 11 is 1.40. The summed E-state index contributed by atoms with van der Waals surface area (Å²) in [6, 6.07) is 3.46. The smallest absolute Gasteiger partial charge is 0.332 e. The Hall–Kier alpha value is -2.65. The van der Waals surface area contributed by atoms with Crippen molar-refractivity contribution in [3.8, 4) is 0 Å². The lowest BCUT2D eigenvalue weighted by Gasteiger charge is -2.29. The molecule has 1 N–H and O–H groups in total. The van der Waals surface area contributed by atoms with Crippen LogP contribution in [0.1, 0.15) is 30.0 Å². The summed E-state index contributed by atoms with van der Waals surface area (Å²) in [6.07, 6.45) is 2.10. The number of thiophene rings is 1. The van der Waals surface area contributed by atoms with E-state index in [-0.39, 0.29) is 18.7 Å². The van der Waals surface area contributed by atoms with Crippen LogP contribution in [0.2, 0.25) is 0 Å². The molecular weight excluding hydrogens is 382 g/mol. The van der Waals surface area contributed by atoms with Gasteiger partial charge in [0.2, 0.25) is 5.91 Å². The van der Waals surface area contributed by atoms with Gasteiger partial charge in [0.1, 0.15) is 17.1 Å². The summed E-state index contributed by atoms with van der Waals surface area (Å²) in [6.45, 7) is 4.22. The topological polar surface area (TPSA) is 95.5 Å². The summed E-state index contributed by atoms with van der Waals surface area (Å²) < 4.78 is 13.4. The highest BCUT2D eigenvalue weighted by molar-refractivity contribution is 7.18. The third-order valence-corrected chi connectivity index (χ3v) is 6.17. The van der Waals surface area contributed by atoms with Gasteiger partial charge in [-0.05, 0) is 31.5 Å². The van der Waals surface area contributed by atoms with E-state index in [4.69, 9.17) is 9.15 Å². The van der Waals surface area contributed by atoms with Gasteiger partial charge >= 0.3 is 5.69 Å². The first-order valence-electron chi connectivity index (χ1n) is 8.94. The van der Waals surface area contributed by atoms with E-state index in [2.05, 4.69) is 5.32 Å². The van der Waals surface area contributed by atoms with Gasteiger partial charge in [0, 0.05) is 18.3 Å². The van der Waals surface area contributed by atoms with Crippen molar-refractivity contribution in [1.29, 1.82) is 0 Å². The lowest BCUT2D eigenvalue weighted by molar-refractivity contribution is -0.122. The van der Waals surface area contributed by atoms with Gasteiger partial charge in [0.05, 0.1) is 30.4 Å². The van der Waals surface area contributed by atoms with Crippen LogP contribution in [0.4, 0.5) is 0 Å². The molecule has 0 atom stereocenters. The Kier molecular flexibility index (Phi) is 4.51. The van der Waals surface area contributed by atoms with Crippen molar-refractivity contribution in [3.05, 3.63) is 55.4 Å². The largest absolute Gasteiger partial charge is 0.467 e. The second-order valence-corrected chi connectivity index (χ2v) is 8.58. The van der Waals surface area contributed by atoms with Crippen molar-refractivity contribution in [2.45, 2.75) is 45.6 Å². The molecular formula is C19H21N3O5S. The molecule has 0 fully saturated rings. The van der Waals surface area contributed by atoms with Crippen molar-refractivity contribution in [2.75, 3.05) is 0 Å². The Morgan fingerprint density at radius 2 is 2.14 bits per heavy atom. The van der Waals surface area contributed by atoms with Gasteiger partial charge in [-0.25, -0.2) is 4.79 Å². The minimum Gasteiger partial charge on any atom is -0.467 e. The fraction of sp³-hybridized carbons (Fsp3) is 0.421. The number of nitrogens with one attached hydrogen (secondary N) is 1. The average molecular weight is 403 g/mol. The monoisotopic (exact) mass is 403 g/mol. The van der Waals surface area contributed by atoms with Gasteiger partial charge < -0.3 is 14.5 Å². The maximum atomic E-state index is 13.1. The molecule has 3 aromatic rings. The van der Waals surface area contributed by atoms with Gasteiger partial charge in [-0.2, -0.15) is 0 Å². The molecule has 0 bridgehead atoms. The molecule has 0 unspecified atom stereocenters. The number of amides is 1. The number of hydrogen-bond acceptors (Lipinski definition) is 6. The lowest BCUT2D eigenvalue weighted by atomic mass is 9.94. The number of carbonyl (C=O) groups excluding carboxylic acids is 1. The van der Waals surface area contributed by atoms with Crippen LogP contribution in [0.25, 0.3) is 10.2 Å². The molecule has 3 aromatic heterocycles. The number of furan rings is 1. The normalized spacial score (nSPS) is 15.5. The number of fused-ring (bicyclic) bond motifs is 3. The molecule has 0 saturated heterocycles. The van der Waals surface area contributed by atoms with E-state index in [9.17, 15) is 14.4 Å². The van der Waals surface area contributed by atoms with Crippen molar-refractivity contribution in [2.24, 2.45) is 7.05 Å². The Morgan fingerprint density at radius 3 is 2.86 bits per heavy atom. The third kappa shape index (κ3) is 3.20. The summed E-state index contributed by atoms with van der Waals surface area (Å²) in [5.74, 6) is 0.167. The molecule has 1 aliphatic heterocycles. The van der Waals surface area contributed by atoms with Crippen LogP contribution in [0.3, 0.4) is 0 Å². The number of aromatic nitrogens is 2. The molecule has 0 radical (unpaired) electrons. The zero-order chi connectivity index (χ0) is 20.1. The third-order valence-electron chi connectivity index (χ3n) is 4.89. The van der Waals surface area contributed by atoms with Crippen LogP contribution in [0, 0.1) is 0 Å². The Labute approximate surface area is 164 Å². The molecule has 1 aliphatic rings. The SMILES string of the molecule is Cn1c(=O)n(CC(=O)NCc2ccco2)c(=O)c2c3c(sc21)COC(C)(C)C3. The van der Waals surface area contributed by atoms with E-state index in [0.717, 1.165) is 15.0 Å². The standard InChI is InChI=1S/C19H21N3O5S/c1-19(2)7-12-13(10-27-19)28-17-15(12)16(24)22(18(25)21(17)3)9-14(23)20-8-11-5-4-6-26-11/h4-6H,7-10H2,1-3H3,(H,20,23). The summed E-state index contributed by atoms with van der Waals surface area (Å²) in [4.78, 5) is 39.7. The zero-order valence-electron chi connectivity index (χ0n) is 15.9. The van der Waals surface area contributed by atoms with Crippen LogP contribution < -0.4 is 16.6 Å². The first-order chi connectivity index (χ1) is 13.3. The highest BCUT2D eigenvalue weighted by Crippen LogP contribution is 2.36. The Morgan fingerprint density at radius 1 is 1.36 bits per heavy atom. The van der Waals surface area contributed by atoms with E-state index >= 15 is 0 Å². The lowest BCUT2D eigenvalue weighted by Crippen LogP contribution is -2.43. The van der Waals surface area contributed by atoms with Gasteiger partial charge in [-0.15, -0.1) is 11.3 Å². The van der Waals surface area contributed by atoms with Crippen LogP contribution >= 0.6 is 11.3 Å². The van der Waals surface area contributed by atoms with Crippen LogP contribution in [-0.2, 0) is 42.7 Å². The number of aryl methyl sites for hydroxylation is 1. The summed E-state index contributed by atoms with van der Waals surface area (Å²) in [7, 11) is 1.62. The molecule has 9 heteroatoms. The van der Waals surface area contributed by atoms with Crippen molar-refractivity contribution in [1.82, 2.24) is 14.5 Å². The quantitative estimate of drug-likeness (QED) is 0.713. The van der Waals surface area contributed by atoms with Crippen LogP contribution in [-0.4, -0.2) is 20.6 Å². The van der Waals surface area contributed by atoms with E-state index in [1.807, 2.05) is 13.8 Å². The fourth-order valence-electron chi connectivity index (χ4n) is 3.42. The number of rotatable bonds is 4. The van der Waals surface area contributed by atoms with Gasteiger partial charge in [-0.1, -0.05) is 0 Å². The maximum absolute atomic E-state index is 13.1. The van der Waals surface area contributed by atoms with Gasteiger partial charge in [0.25, 0.3) is 5.56 Å². The predicted molar refractivity (Wildman–Crippen MR) is 104 cm³/mol. The van der Waals surface area contributed by atoms with Crippen LogP contribution in [0.5, 0.6) is 0 Å². The fourth-order valence-corrected chi connectivity index (χ4v) is 4.60. The molecule has 0 spiro atoms. The molecule has 148 valence electrons. The Bertz CT molecular complexity index is 1170. The minimum atomic E-state index is -0.510. The molecule has 28 heavy (non-hydrogen) atoms. The van der Waals surface area contributed by atoms with Crippen molar-refractivity contribution in [3.63, 3.8) is 0 Å². The average Bonchev–Trinajstić information content (AvgIpc) is 3.28. The maximum Gasteiger partial charge on any atom is 0.332 e. The molecule has 4 heterocycles. The Balaban J connectivity index is 1.72. The summed E-state index contributed by atoms with van der Waals surface area (Å²) in [5, 5.41) is 3.18.